The van der Waals surface area contributed by atoms with Gasteiger partial charge in [-0.25, -0.2) is 23.7 Å². The van der Waals surface area contributed by atoms with E-state index in [-0.39, 0.29) is 35.0 Å². The van der Waals surface area contributed by atoms with Crippen LogP contribution in [0.25, 0.3) is 16.8 Å². The van der Waals surface area contributed by atoms with Crippen LogP contribution in [0, 0.1) is 0 Å². The molecule has 9 atom stereocenters. The smallest absolute Gasteiger partial charge is 0.389 e. The van der Waals surface area contributed by atoms with Gasteiger partial charge in [-0.1, -0.05) is 5.21 Å². The third-order valence-corrected chi connectivity index (χ3v) is 11.2. The number of nitrogens with two attached hydrogens (primary N) is 2. The number of ether oxygens (including phenoxy) is 1. The lowest BCUT2D eigenvalue weighted by atomic mass is 10.1. The van der Waals surface area contributed by atoms with Crippen LogP contribution in [0.5, 0.6) is 0 Å². The molecule has 0 spiro atoms. The van der Waals surface area contributed by atoms with Gasteiger partial charge >= 0.3 is 14.5 Å². The topological polar surface area (TPSA) is 295 Å². The molecule has 0 saturated carbocycles. The molecule has 8 N–H and O–H groups in total. The predicted molar refractivity (Wildman–Crippen MR) is 152 cm³/mol. The summed E-state index contributed by atoms with van der Waals surface area (Å²) in [6.07, 6.45) is -2.89. The van der Waals surface area contributed by atoms with Crippen molar-refractivity contribution >= 4 is 66.7 Å². The Kier molecular flexibility index (Phi) is 7.50. The minimum absolute atomic E-state index is 0.0366. The number of nitrogens with one attached hydrogen (secondary N) is 1. The molecule has 3 saturated heterocycles. The maximum absolute atomic E-state index is 13.1. The number of nitrogens with zero attached hydrogens (tertiary/aromatic N) is 8. The van der Waals surface area contributed by atoms with Gasteiger partial charge in [0, 0.05) is 6.42 Å². The highest BCUT2D eigenvalue weighted by atomic mass is 32.5. The molecule has 3 unspecified atom stereocenters. The van der Waals surface area contributed by atoms with Gasteiger partial charge in [-0.2, -0.15) is 10.1 Å². The number of anilines is 2. The molecule has 3 fully saturated rings. The van der Waals surface area contributed by atoms with Gasteiger partial charge < -0.3 is 35.6 Å². The van der Waals surface area contributed by atoms with Gasteiger partial charge in [0.1, 0.15) is 36.1 Å². The van der Waals surface area contributed by atoms with E-state index in [0.29, 0.717) is 5.69 Å². The Labute approximate surface area is 254 Å². The number of aromatic nitrogens is 9. The van der Waals surface area contributed by atoms with E-state index in [2.05, 4.69) is 35.3 Å². The SMILES string of the molecule is Nc1nc2c(nnn2C2S[C@@H]3COP(=O)(O)O[C@H]4C[C@H](c5cnc6c(N)ncnn56)O[C@@H]4COP(O)(=S)O[C@@H]2[C@@H]3O)c(=O)[nH]1. The largest absolute Gasteiger partial charge is 0.472 e. The molecule has 0 aliphatic carbocycles. The van der Waals surface area contributed by atoms with Crippen LogP contribution in [0.1, 0.15) is 23.6 Å². The number of thioether (sulfide) groups is 1. The van der Waals surface area contributed by atoms with Crippen molar-refractivity contribution in [2.45, 2.75) is 47.6 Å². The van der Waals surface area contributed by atoms with Crippen molar-refractivity contribution in [3.8, 4) is 0 Å². The lowest BCUT2D eigenvalue weighted by Gasteiger charge is -2.27. The molecular formula is C19H23N11O10P2S2. The van der Waals surface area contributed by atoms with E-state index in [1.165, 1.54) is 21.7 Å². The van der Waals surface area contributed by atoms with Gasteiger partial charge in [0.15, 0.2) is 22.6 Å². The number of imidazole rings is 1. The van der Waals surface area contributed by atoms with Crippen LogP contribution in [0.3, 0.4) is 0 Å². The summed E-state index contributed by atoms with van der Waals surface area (Å²) in [5.41, 5.74) is 11.5. The van der Waals surface area contributed by atoms with Crippen LogP contribution < -0.4 is 17.0 Å². The van der Waals surface area contributed by atoms with Crippen molar-refractivity contribution in [1.82, 2.24) is 44.5 Å². The standard InChI is InChI=1S/C19H23N11O10P2S2/c20-14-16-22-2-6(29(16)24-5-23-14)7-1-8-9(38-7)3-37-42(35,43)40-13-12(31)10(4-36-41(33,34)39-8)44-18(13)30-15-11(27-28-30)17(32)26-19(21)25-15/h2,5,7-10,12-13,18,31H,1,3-4H2,(H,33,34)(H,35,43)(H2,20,23,24)(H3,21,25,26,32)/t7-,8+,9-,10-,12-,13-,18?,42?/m1/s1. The number of aliphatic hydroxyl groups excluding tert-OH is 1. The molecule has 4 aromatic heterocycles. The predicted octanol–water partition coefficient (Wildman–Crippen LogP) is -1.24. The van der Waals surface area contributed by atoms with Gasteiger partial charge in [0.25, 0.3) is 5.56 Å². The Balaban J connectivity index is 1.19. The summed E-state index contributed by atoms with van der Waals surface area (Å²) in [6.45, 7) is -5.08. The Hall–Kier alpha value is -2.66. The van der Waals surface area contributed by atoms with Gasteiger partial charge in [0.2, 0.25) is 5.95 Å². The minimum Gasteiger partial charge on any atom is -0.389 e. The van der Waals surface area contributed by atoms with E-state index in [0.717, 1.165) is 11.8 Å². The quantitative estimate of drug-likeness (QED) is 0.134. The fraction of sp³-hybridized carbons (Fsp3) is 0.526. The van der Waals surface area contributed by atoms with Crippen molar-refractivity contribution < 1.29 is 42.3 Å². The first kappa shape index (κ1) is 30.0. The summed E-state index contributed by atoms with van der Waals surface area (Å²) in [5, 5.41) is 21.2. The fourth-order valence-corrected chi connectivity index (χ4v) is 9.18. The van der Waals surface area contributed by atoms with E-state index >= 15 is 0 Å². The summed E-state index contributed by atoms with van der Waals surface area (Å²) in [6, 6.07) is 0. The Morgan fingerprint density at radius 3 is 2.77 bits per heavy atom. The second kappa shape index (κ2) is 11.0. The molecule has 2 bridgehead atoms. The first-order valence-corrected chi connectivity index (χ1v) is 17.8. The molecule has 3 aliphatic heterocycles. The van der Waals surface area contributed by atoms with Crippen LogP contribution in [0.2, 0.25) is 0 Å². The molecule has 0 radical (unpaired) electrons. The molecule has 0 aromatic carbocycles. The van der Waals surface area contributed by atoms with Crippen LogP contribution in [0.4, 0.5) is 11.8 Å². The zero-order valence-corrected chi connectivity index (χ0v) is 25.4. The molecule has 0 amide bonds. The van der Waals surface area contributed by atoms with Crippen molar-refractivity contribution in [1.29, 1.82) is 0 Å². The van der Waals surface area contributed by atoms with Crippen molar-refractivity contribution in [3.63, 3.8) is 0 Å². The second-order valence-corrected chi connectivity index (χ2v) is 15.5. The van der Waals surface area contributed by atoms with Crippen molar-refractivity contribution in [2.24, 2.45) is 0 Å². The molecule has 236 valence electrons. The molecule has 7 rings (SSSR count). The van der Waals surface area contributed by atoms with Gasteiger partial charge in [-0.05, 0) is 11.8 Å². The summed E-state index contributed by atoms with van der Waals surface area (Å²) in [5.74, 6) is -0.0805. The molecule has 4 aromatic rings. The number of aliphatic hydroxyl groups is 1. The summed E-state index contributed by atoms with van der Waals surface area (Å²) in [7, 11) is -4.76. The lowest BCUT2D eigenvalue weighted by Crippen LogP contribution is -2.35. The highest BCUT2D eigenvalue weighted by Crippen LogP contribution is 2.56. The summed E-state index contributed by atoms with van der Waals surface area (Å²) >= 11 is 6.26. The molecule has 3 aliphatic rings. The van der Waals surface area contributed by atoms with E-state index in [9.17, 15) is 24.3 Å². The third kappa shape index (κ3) is 5.42. The third-order valence-electron chi connectivity index (χ3n) is 7.12. The molecule has 21 nitrogen and oxygen atoms in total. The second-order valence-electron chi connectivity index (χ2n) is 9.92. The number of hydrogen-bond donors (Lipinski definition) is 6. The average molecular weight is 692 g/mol. The van der Waals surface area contributed by atoms with E-state index in [1.54, 1.807) is 0 Å². The molecule has 7 heterocycles. The van der Waals surface area contributed by atoms with E-state index in [1.807, 2.05) is 0 Å². The monoisotopic (exact) mass is 691 g/mol. The minimum atomic E-state index is -4.76. The number of phosphoric acid groups is 1. The number of hydrogen-bond acceptors (Lipinski definition) is 18. The van der Waals surface area contributed by atoms with Crippen LogP contribution in [-0.2, 0) is 39.2 Å². The van der Waals surface area contributed by atoms with E-state index < -0.39 is 74.5 Å². The molecule has 44 heavy (non-hydrogen) atoms. The van der Waals surface area contributed by atoms with Crippen molar-refractivity contribution in [3.05, 3.63) is 28.6 Å². The fourth-order valence-electron chi connectivity index (χ4n) is 5.15. The number of H-pyrrole nitrogens is 1. The van der Waals surface area contributed by atoms with Gasteiger partial charge in [-0.15, -0.1) is 16.9 Å². The van der Waals surface area contributed by atoms with Crippen LogP contribution in [0.15, 0.2) is 17.3 Å². The highest BCUT2D eigenvalue weighted by molar-refractivity contribution is 8.07. The van der Waals surface area contributed by atoms with Crippen molar-refractivity contribution in [2.75, 3.05) is 24.7 Å². The first-order valence-electron chi connectivity index (χ1n) is 12.7. The first-order chi connectivity index (χ1) is 20.9. The average Bonchev–Trinajstić information content (AvgIpc) is 3.72. The van der Waals surface area contributed by atoms with Crippen LogP contribution in [-0.4, -0.2) is 102 Å². The maximum atomic E-state index is 13.1. The normalized spacial score (nSPS) is 36.6. The zero-order chi connectivity index (χ0) is 31.0. The lowest BCUT2D eigenvalue weighted by molar-refractivity contribution is -0.0264. The Morgan fingerprint density at radius 1 is 1.14 bits per heavy atom. The molecular weight excluding hydrogens is 668 g/mol. The molecule has 25 heteroatoms. The maximum Gasteiger partial charge on any atom is 0.472 e. The summed E-state index contributed by atoms with van der Waals surface area (Å²) in [4.78, 5) is 48.5. The number of phosphoric ester groups is 1. The van der Waals surface area contributed by atoms with Gasteiger partial charge in [0.05, 0.1) is 36.5 Å². The highest BCUT2D eigenvalue weighted by Gasteiger charge is 2.51. The van der Waals surface area contributed by atoms with Crippen LogP contribution >= 0.6 is 26.3 Å². The van der Waals surface area contributed by atoms with E-state index in [4.69, 9.17) is 46.1 Å². The zero-order valence-electron chi connectivity index (χ0n) is 22.0. The number of aromatic amines is 1. The number of nitrogen functional groups attached to an aromatic ring is 2. The Bertz CT molecular complexity index is 1910. The van der Waals surface area contributed by atoms with Gasteiger partial charge in [-0.3, -0.25) is 23.3 Å². The number of fused-ring (bicyclic) bond motifs is 5. The summed E-state index contributed by atoms with van der Waals surface area (Å²) < 4.78 is 44.0. The number of rotatable bonds is 2. The Morgan fingerprint density at radius 2 is 1.95 bits per heavy atom.